The predicted octanol–water partition coefficient (Wildman–Crippen LogP) is 14.5. The molecule has 0 amide bonds. The summed E-state index contributed by atoms with van der Waals surface area (Å²) in [6, 6.07) is 48.5. The Morgan fingerprint density at radius 2 is 0.903 bits per heavy atom. The molecule has 2 aliphatic carbocycles. The molecule has 62 heavy (non-hydrogen) atoms. The summed E-state index contributed by atoms with van der Waals surface area (Å²) in [4.78, 5) is 0. The molecule has 0 fully saturated rings. The van der Waals surface area contributed by atoms with Crippen LogP contribution in [0, 0.1) is 23.7 Å². The van der Waals surface area contributed by atoms with Gasteiger partial charge in [0.2, 0.25) is 0 Å². The van der Waals surface area contributed by atoms with Gasteiger partial charge in [-0.3, -0.25) is 0 Å². The van der Waals surface area contributed by atoms with E-state index in [1.165, 1.54) is 91.6 Å². The van der Waals surface area contributed by atoms with E-state index in [1.54, 1.807) is 0 Å². The predicted molar refractivity (Wildman–Crippen MR) is 272 cm³/mol. The molecule has 1 aliphatic heterocycles. The van der Waals surface area contributed by atoms with Crippen LogP contribution in [0.3, 0.4) is 0 Å². The second-order valence-electron chi connectivity index (χ2n) is 19.7. The van der Waals surface area contributed by atoms with Crippen LogP contribution < -0.4 is 13.6 Å². The molecule has 9 rings (SSSR count). The molecule has 6 aromatic rings. The summed E-state index contributed by atoms with van der Waals surface area (Å²) in [6.45, 7) is 18.9. The van der Waals surface area contributed by atoms with E-state index >= 15 is 0 Å². The third-order valence-electron chi connectivity index (χ3n) is 14.8. The normalized spacial score (nSPS) is 18.5. The van der Waals surface area contributed by atoms with Crippen LogP contribution in [0.25, 0.3) is 45.5 Å². The van der Waals surface area contributed by atoms with Gasteiger partial charge in [-0.15, -0.1) is 0 Å². The Bertz CT molecular complexity index is 2620. The summed E-state index contributed by atoms with van der Waals surface area (Å²) >= 11 is -5.73. The zero-order chi connectivity index (χ0) is 43.5. The van der Waals surface area contributed by atoms with Gasteiger partial charge in [0, 0.05) is 0 Å². The van der Waals surface area contributed by atoms with Crippen molar-refractivity contribution in [3.8, 4) is 33.4 Å². The first-order chi connectivity index (χ1) is 29.8. The fraction of sp³-hybridized carbons (Fsp3) is 0.310. The van der Waals surface area contributed by atoms with Gasteiger partial charge in [0.15, 0.2) is 0 Å². The number of halogens is 2. The molecule has 6 aromatic carbocycles. The first kappa shape index (κ1) is 43.7. The van der Waals surface area contributed by atoms with E-state index in [9.17, 15) is 17.0 Å². The summed E-state index contributed by atoms with van der Waals surface area (Å²) in [7, 11) is 18.2. The van der Waals surface area contributed by atoms with Crippen LogP contribution in [0.5, 0.6) is 0 Å². The van der Waals surface area contributed by atoms with Crippen molar-refractivity contribution in [3.05, 3.63) is 172 Å². The number of hydrogen-bond acceptors (Lipinski definition) is 0. The van der Waals surface area contributed by atoms with Gasteiger partial charge in [0.1, 0.15) is 0 Å². The van der Waals surface area contributed by atoms with Crippen LogP contribution in [0.1, 0.15) is 109 Å². The molecule has 317 valence electrons. The van der Waals surface area contributed by atoms with Crippen LogP contribution >= 0.6 is 17.0 Å². The van der Waals surface area contributed by atoms with Crippen molar-refractivity contribution in [3.63, 3.8) is 0 Å². The molecule has 0 aromatic heterocycles. The number of rotatable bonds is 13. The van der Waals surface area contributed by atoms with E-state index in [0.29, 0.717) is 23.7 Å². The number of fused-ring (bicyclic) bond motifs is 5. The molecule has 0 spiro atoms. The average molecular weight is 950 g/mol. The zero-order valence-corrected chi connectivity index (χ0v) is 43.4. The summed E-state index contributed by atoms with van der Waals surface area (Å²) in [5.41, 5.74) is 19.0. The summed E-state index contributed by atoms with van der Waals surface area (Å²) < 4.78 is 1.10. The fourth-order valence-corrected chi connectivity index (χ4v) is 39.7. The molecule has 0 nitrogen and oxygen atoms in total. The Labute approximate surface area is 383 Å². The van der Waals surface area contributed by atoms with Gasteiger partial charge in [-0.05, 0) is 0 Å². The van der Waals surface area contributed by atoms with Crippen molar-refractivity contribution in [2.75, 3.05) is 0 Å². The van der Waals surface area contributed by atoms with Gasteiger partial charge < -0.3 is 0 Å². The SMILES string of the molecule is CCC(C)C1=Cc2c(-c3ccccc3CC(C)C)cccc2[CH]1[Zr]([Cl])([Cl])([c]1cccc2c1[SiH2]c1ccccc1-2)[CH]1C(C(C)CC)=Cc2c(-c3ccccc3CC(C)C)cccc21. The van der Waals surface area contributed by atoms with Gasteiger partial charge in [-0.1, -0.05) is 0 Å². The molecule has 4 atom stereocenters. The molecule has 0 N–H and O–H groups in total. The van der Waals surface area contributed by atoms with Crippen LogP contribution in [-0.2, 0) is 29.2 Å². The summed E-state index contributed by atoms with van der Waals surface area (Å²) in [6.07, 6.45) is 9.26. The van der Waals surface area contributed by atoms with Crippen molar-refractivity contribution >= 4 is 52.3 Å². The summed E-state index contributed by atoms with van der Waals surface area (Å²) in [5.74, 6) is 1.70. The Balaban J connectivity index is 1.38. The van der Waals surface area contributed by atoms with E-state index in [4.69, 9.17) is 0 Å². The van der Waals surface area contributed by atoms with E-state index in [2.05, 4.69) is 195 Å². The Hall–Kier alpha value is -3.52. The monoisotopic (exact) mass is 947 g/mol. The molecule has 4 unspecified atom stereocenters. The number of allylic oxidation sites excluding steroid dienone is 2. The Kier molecular flexibility index (Phi) is 12.1. The average Bonchev–Trinajstić information content (AvgIpc) is 3.99. The number of benzene rings is 6. The van der Waals surface area contributed by atoms with E-state index < -0.39 is 25.9 Å². The van der Waals surface area contributed by atoms with Crippen molar-refractivity contribution in [1.82, 2.24) is 0 Å². The third-order valence-corrected chi connectivity index (χ3v) is 37.5. The third kappa shape index (κ3) is 7.19. The van der Waals surface area contributed by atoms with Crippen molar-refractivity contribution in [2.24, 2.45) is 23.7 Å². The van der Waals surface area contributed by atoms with Crippen LogP contribution in [0.2, 0.25) is 0 Å². The van der Waals surface area contributed by atoms with Crippen LogP contribution in [0.4, 0.5) is 0 Å². The van der Waals surface area contributed by atoms with Crippen molar-refractivity contribution in [1.29, 1.82) is 0 Å². The van der Waals surface area contributed by atoms with Gasteiger partial charge >= 0.3 is 386 Å². The van der Waals surface area contributed by atoms with Crippen molar-refractivity contribution < 1.29 is 16.4 Å². The first-order valence-electron chi connectivity index (χ1n) is 23.5. The first-order valence-corrected chi connectivity index (χ1v) is 35.3. The van der Waals surface area contributed by atoms with Gasteiger partial charge in [0.25, 0.3) is 0 Å². The quantitative estimate of drug-likeness (QED) is 0.101. The molecular weight excluding hydrogens is 887 g/mol. The van der Waals surface area contributed by atoms with Gasteiger partial charge in [0.05, 0.1) is 0 Å². The van der Waals surface area contributed by atoms with Gasteiger partial charge in [-0.2, -0.15) is 0 Å². The van der Waals surface area contributed by atoms with Gasteiger partial charge in [-0.25, -0.2) is 0 Å². The van der Waals surface area contributed by atoms with E-state index in [-0.39, 0.29) is 7.25 Å². The molecule has 0 bridgehead atoms. The van der Waals surface area contributed by atoms with Crippen molar-refractivity contribution in [2.45, 2.75) is 88.3 Å². The molecule has 1 heterocycles. The number of hydrogen-bond donors (Lipinski definition) is 0. The van der Waals surface area contributed by atoms with Crippen LogP contribution in [-0.4, -0.2) is 9.52 Å². The summed E-state index contributed by atoms with van der Waals surface area (Å²) in [5, 5.41) is 2.98. The second kappa shape index (κ2) is 17.1. The molecule has 0 saturated heterocycles. The fourth-order valence-electron chi connectivity index (χ4n) is 11.7. The Morgan fingerprint density at radius 1 is 0.484 bits per heavy atom. The standard InChI is InChI=1S/2C23H27.C12H9Si.2ClH.Zr/c2*1-5-17(4)20-14-19-10-8-12-22(23(19)15-20)21-11-7-6-9-18(21)13-16(2)3;1-3-7-11-9(5-1)10-6-2-4-8-12(10)13-11;;;/h2*6-12,14-17H,5,13H2,1-4H3;1-7H,13H2;2*1H;/q;;;;;+2/p-2. The zero-order valence-electron chi connectivity index (χ0n) is 38.0. The molecular formula is C58H63Cl2SiZr. The minimum absolute atomic E-state index is 0.105. The van der Waals surface area contributed by atoms with Crippen LogP contribution in [0.15, 0.2) is 139 Å². The van der Waals surface area contributed by atoms with E-state index in [0.717, 1.165) is 25.7 Å². The topological polar surface area (TPSA) is 0 Å². The Morgan fingerprint density at radius 3 is 1.39 bits per heavy atom. The molecule has 0 saturated carbocycles. The van der Waals surface area contributed by atoms with E-state index in [1.807, 2.05) is 0 Å². The molecule has 3 aliphatic rings. The molecule has 0 radical (unpaired) electrons. The second-order valence-corrected chi connectivity index (χ2v) is 42.1. The maximum atomic E-state index is 9.52. The minimum atomic E-state index is -5.73. The maximum absolute atomic E-state index is 9.52. The molecule has 4 heteroatoms.